The zero-order valence-electron chi connectivity index (χ0n) is 17.8. The van der Waals surface area contributed by atoms with Gasteiger partial charge in [-0.25, -0.2) is 9.59 Å². The minimum atomic E-state index is -1.12. The molecule has 3 aromatic carbocycles. The van der Waals surface area contributed by atoms with Crippen LogP contribution in [0, 0.1) is 0 Å². The van der Waals surface area contributed by atoms with Crippen LogP contribution >= 0.6 is 0 Å². The monoisotopic (exact) mass is 438 g/mol. The number of amides is 1. The number of hydrogen-bond acceptors (Lipinski definition) is 4. The molecule has 0 bridgehead atoms. The van der Waals surface area contributed by atoms with Crippen molar-refractivity contribution in [1.82, 2.24) is 10.3 Å². The zero-order chi connectivity index (χ0) is 22.8. The Morgan fingerprint density at radius 2 is 1.64 bits per heavy atom. The van der Waals surface area contributed by atoms with Gasteiger partial charge >= 0.3 is 12.1 Å². The van der Waals surface area contributed by atoms with Crippen molar-refractivity contribution in [2.75, 3.05) is 6.61 Å². The number of ether oxygens (including phenoxy) is 1. The first-order chi connectivity index (χ1) is 16.1. The van der Waals surface area contributed by atoms with E-state index in [2.05, 4.69) is 22.4 Å². The molecule has 1 heterocycles. The number of aliphatic carboxylic acids is 1. The molecule has 0 saturated heterocycles. The third-order valence-corrected chi connectivity index (χ3v) is 6.13. The van der Waals surface area contributed by atoms with Crippen LogP contribution in [0.3, 0.4) is 0 Å². The van der Waals surface area contributed by atoms with Crippen LogP contribution in [0.2, 0.25) is 0 Å². The second-order valence-corrected chi connectivity index (χ2v) is 8.08. The van der Waals surface area contributed by atoms with E-state index in [0.29, 0.717) is 0 Å². The molecule has 4 aromatic rings. The van der Waals surface area contributed by atoms with E-state index < -0.39 is 18.1 Å². The van der Waals surface area contributed by atoms with Gasteiger partial charge in [-0.15, -0.1) is 0 Å². The largest absolute Gasteiger partial charge is 0.480 e. The van der Waals surface area contributed by atoms with Crippen LogP contribution in [-0.4, -0.2) is 34.8 Å². The number of aromatic nitrogens is 1. The van der Waals surface area contributed by atoms with Crippen LogP contribution in [-0.2, 0) is 16.0 Å². The average molecular weight is 438 g/mol. The molecule has 6 heteroatoms. The molecular formula is C27H22N2O4. The maximum atomic E-state index is 12.6. The topological polar surface area (TPSA) is 88.5 Å². The Morgan fingerprint density at radius 3 is 2.33 bits per heavy atom. The summed E-state index contributed by atoms with van der Waals surface area (Å²) in [6.45, 7) is 0.131. The first-order valence-corrected chi connectivity index (χ1v) is 10.8. The van der Waals surface area contributed by atoms with E-state index in [1.54, 1.807) is 12.4 Å². The number of carbonyl (C=O) groups is 2. The Morgan fingerprint density at radius 1 is 0.939 bits per heavy atom. The Labute approximate surface area is 190 Å². The minimum absolute atomic E-state index is 0.0861. The molecule has 33 heavy (non-hydrogen) atoms. The fraction of sp³-hybridized carbons (Fsp3) is 0.148. The summed E-state index contributed by atoms with van der Waals surface area (Å²) in [6, 6.07) is 22.5. The SMILES string of the molecule is O=C(N[C@H](Cc1cccc2cnccc12)C(=O)O)OCC1c2ccccc2-c2ccccc21. The van der Waals surface area contributed by atoms with Crippen LogP contribution in [0.15, 0.2) is 85.2 Å². The molecule has 1 aromatic heterocycles. The Hall–Kier alpha value is -4.19. The summed E-state index contributed by atoms with van der Waals surface area (Å²) < 4.78 is 5.52. The number of carboxylic acid groups (broad SMARTS) is 1. The first-order valence-electron chi connectivity index (χ1n) is 10.8. The Bertz CT molecular complexity index is 1300. The fourth-order valence-corrected chi connectivity index (χ4v) is 4.57. The maximum absolute atomic E-state index is 12.6. The molecule has 0 saturated carbocycles. The normalized spacial score (nSPS) is 13.2. The first kappa shape index (κ1) is 20.7. The second-order valence-electron chi connectivity index (χ2n) is 8.08. The number of nitrogens with one attached hydrogen (secondary N) is 1. The van der Waals surface area contributed by atoms with E-state index in [4.69, 9.17) is 4.74 Å². The van der Waals surface area contributed by atoms with E-state index in [-0.39, 0.29) is 18.9 Å². The summed E-state index contributed by atoms with van der Waals surface area (Å²) in [5.41, 5.74) is 5.30. The lowest BCUT2D eigenvalue weighted by molar-refractivity contribution is -0.139. The number of nitrogens with zero attached hydrogens (tertiary/aromatic N) is 1. The second kappa shape index (κ2) is 8.74. The highest BCUT2D eigenvalue weighted by Crippen LogP contribution is 2.44. The van der Waals surface area contributed by atoms with Gasteiger partial charge in [-0.1, -0.05) is 66.7 Å². The molecule has 0 aliphatic heterocycles. The summed E-state index contributed by atoms with van der Waals surface area (Å²) in [6.07, 6.45) is 2.79. The van der Waals surface area contributed by atoms with Crippen molar-refractivity contribution < 1.29 is 19.4 Å². The van der Waals surface area contributed by atoms with Gasteiger partial charge in [0.1, 0.15) is 12.6 Å². The minimum Gasteiger partial charge on any atom is -0.480 e. The number of carbonyl (C=O) groups excluding carboxylic acids is 1. The number of alkyl carbamates (subject to hydrolysis) is 1. The van der Waals surface area contributed by atoms with Crippen molar-refractivity contribution in [2.24, 2.45) is 0 Å². The number of fused-ring (bicyclic) bond motifs is 4. The van der Waals surface area contributed by atoms with E-state index in [1.165, 1.54) is 0 Å². The number of hydrogen-bond donors (Lipinski definition) is 2. The number of benzene rings is 3. The predicted molar refractivity (Wildman–Crippen MR) is 125 cm³/mol. The van der Waals surface area contributed by atoms with Crippen molar-refractivity contribution >= 4 is 22.8 Å². The van der Waals surface area contributed by atoms with E-state index >= 15 is 0 Å². The number of carboxylic acids is 1. The third-order valence-electron chi connectivity index (χ3n) is 6.13. The lowest BCUT2D eigenvalue weighted by Crippen LogP contribution is -2.43. The molecule has 0 spiro atoms. The molecule has 0 fully saturated rings. The number of rotatable bonds is 6. The Balaban J connectivity index is 1.29. The fourth-order valence-electron chi connectivity index (χ4n) is 4.57. The van der Waals surface area contributed by atoms with Crippen LogP contribution in [0.5, 0.6) is 0 Å². The van der Waals surface area contributed by atoms with E-state index in [0.717, 1.165) is 38.6 Å². The lowest BCUT2D eigenvalue weighted by atomic mass is 9.98. The van der Waals surface area contributed by atoms with Gasteiger partial charge in [-0.3, -0.25) is 4.98 Å². The quantitative estimate of drug-likeness (QED) is 0.453. The van der Waals surface area contributed by atoms with Crippen molar-refractivity contribution in [1.29, 1.82) is 0 Å². The van der Waals surface area contributed by atoms with Crippen LogP contribution in [0.4, 0.5) is 4.79 Å². The molecule has 1 amide bonds. The van der Waals surface area contributed by atoms with Gasteiger partial charge in [0, 0.05) is 30.1 Å². The van der Waals surface area contributed by atoms with Crippen molar-refractivity contribution in [3.05, 3.63) is 102 Å². The molecule has 164 valence electrons. The summed E-state index contributed by atoms with van der Waals surface area (Å²) in [4.78, 5) is 28.6. The molecule has 2 N–H and O–H groups in total. The van der Waals surface area contributed by atoms with Crippen molar-refractivity contribution in [2.45, 2.75) is 18.4 Å². The maximum Gasteiger partial charge on any atom is 0.407 e. The average Bonchev–Trinajstić information content (AvgIpc) is 3.16. The summed E-state index contributed by atoms with van der Waals surface area (Å²) >= 11 is 0. The molecule has 6 nitrogen and oxygen atoms in total. The van der Waals surface area contributed by atoms with Crippen molar-refractivity contribution in [3.8, 4) is 11.1 Å². The number of pyridine rings is 1. The van der Waals surface area contributed by atoms with Gasteiger partial charge in [-0.2, -0.15) is 0 Å². The highest BCUT2D eigenvalue weighted by molar-refractivity contribution is 5.86. The standard InChI is InChI=1S/C27H22N2O4/c30-26(31)25(14-17-6-5-7-18-15-28-13-12-19(17)18)29-27(32)33-16-24-22-10-3-1-8-20(22)21-9-2-4-11-23(21)24/h1-13,15,24-25H,14,16H2,(H,29,32)(H,30,31)/t25-/m1/s1. The van der Waals surface area contributed by atoms with Gasteiger partial charge in [0.15, 0.2) is 0 Å². The summed E-state index contributed by atoms with van der Waals surface area (Å²) in [5, 5.41) is 14.1. The highest BCUT2D eigenvalue weighted by atomic mass is 16.5. The molecular weight excluding hydrogens is 416 g/mol. The molecule has 1 aliphatic carbocycles. The molecule has 5 rings (SSSR count). The smallest absolute Gasteiger partial charge is 0.407 e. The molecule has 1 atom stereocenters. The van der Waals surface area contributed by atoms with Crippen LogP contribution in [0.1, 0.15) is 22.6 Å². The van der Waals surface area contributed by atoms with Crippen LogP contribution in [0.25, 0.3) is 21.9 Å². The molecule has 0 unspecified atom stereocenters. The van der Waals surface area contributed by atoms with Gasteiger partial charge in [0.2, 0.25) is 0 Å². The summed E-state index contributed by atoms with van der Waals surface area (Å²) in [7, 11) is 0. The molecule has 0 radical (unpaired) electrons. The van der Waals surface area contributed by atoms with Gasteiger partial charge < -0.3 is 15.2 Å². The highest BCUT2D eigenvalue weighted by Gasteiger charge is 2.29. The van der Waals surface area contributed by atoms with Crippen molar-refractivity contribution in [3.63, 3.8) is 0 Å². The third kappa shape index (κ3) is 4.03. The zero-order valence-corrected chi connectivity index (χ0v) is 17.8. The van der Waals surface area contributed by atoms with Gasteiger partial charge in [0.25, 0.3) is 0 Å². The van der Waals surface area contributed by atoms with E-state index in [9.17, 15) is 14.7 Å². The summed E-state index contributed by atoms with van der Waals surface area (Å²) in [5.74, 6) is -1.20. The van der Waals surface area contributed by atoms with Gasteiger partial charge in [-0.05, 0) is 39.3 Å². The predicted octanol–water partition coefficient (Wildman–Crippen LogP) is 4.77. The van der Waals surface area contributed by atoms with Gasteiger partial charge in [0.05, 0.1) is 0 Å². The molecule has 1 aliphatic rings. The Kier molecular flexibility index (Phi) is 5.48. The van der Waals surface area contributed by atoms with E-state index in [1.807, 2.05) is 60.7 Å². The lowest BCUT2D eigenvalue weighted by Gasteiger charge is -2.18. The van der Waals surface area contributed by atoms with Crippen LogP contribution < -0.4 is 5.32 Å².